The molecule has 1 aromatic carbocycles. The van der Waals surface area contributed by atoms with Crippen LogP contribution in [0.4, 0.5) is 11.6 Å². The first kappa shape index (κ1) is 13.2. The van der Waals surface area contributed by atoms with Crippen molar-refractivity contribution in [3.8, 4) is 11.4 Å². The van der Waals surface area contributed by atoms with Gasteiger partial charge in [-0.1, -0.05) is 23.9 Å². The van der Waals surface area contributed by atoms with E-state index in [0.717, 1.165) is 0 Å². The summed E-state index contributed by atoms with van der Waals surface area (Å²) in [6, 6.07) is 6.05. The molecule has 9 nitrogen and oxygen atoms in total. The zero-order valence-corrected chi connectivity index (χ0v) is 11.6. The molecule has 0 bridgehead atoms. The van der Waals surface area contributed by atoms with Crippen molar-refractivity contribution >= 4 is 29.2 Å². The van der Waals surface area contributed by atoms with Crippen molar-refractivity contribution < 1.29 is 4.92 Å². The average molecular weight is 303 g/mol. The molecule has 21 heavy (non-hydrogen) atoms. The Morgan fingerprint density at radius 2 is 2.14 bits per heavy atom. The Balaban J connectivity index is 2.15. The van der Waals surface area contributed by atoms with Gasteiger partial charge in [-0.25, -0.2) is 0 Å². The summed E-state index contributed by atoms with van der Waals surface area (Å²) in [6.07, 6.45) is 1.82. The lowest BCUT2D eigenvalue weighted by molar-refractivity contribution is -0.384. The number of rotatable bonds is 3. The van der Waals surface area contributed by atoms with Crippen molar-refractivity contribution in [3.05, 3.63) is 34.4 Å². The molecule has 0 radical (unpaired) electrons. The molecule has 2 N–H and O–H groups in total. The Morgan fingerprint density at radius 1 is 1.33 bits per heavy atom. The van der Waals surface area contributed by atoms with E-state index in [2.05, 4.69) is 20.1 Å². The Kier molecular flexibility index (Phi) is 3.14. The summed E-state index contributed by atoms with van der Waals surface area (Å²) in [6.45, 7) is 0. The third-order valence-electron chi connectivity index (χ3n) is 2.71. The lowest BCUT2D eigenvalue weighted by atomic mass is 10.2. The average Bonchev–Trinajstić information content (AvgIpc) is 2.92. The normalized spacial score (nSPS) is 10.9. The van der Waals surface area contributed by atoms with Crippen LogP contribution in [0.5, 0.6) is 0 Å². The van der Waals surface area contributed by atoms with Crippen molar-refractivity contribution in [2.45, 2.75) is 5.16 Å². The van der Waals surface area contributed by atoms with E-state index < -0.39 is 4.92 Å². The highest BCUT2D eigenvalue weighted by atomic mass is 32.2. The van der Waals surface area contributed by atoms with Crippen LogP contribution in [0.15, 0.2) is 29.4 Å². The predicted molar refractivity (Wildman–Crippen MR) is 76.9 cm³/mol. The van der Waals surface area contributed by atoms with E-state index in [0.29, 0.717) is 22.3 Å². The number of nitrogens with zero attached hydrogens (tertiary/aromatic N) is 6. The highest BCUT2D eigenvalue weighted by Gasteiger charge is 2.14. The Labute approximate surface area is 122 Å². The van der Waals surface area contributed by atoms with Gasteiger partial charge in [0.1, 0.15) is 0 Å². The monoisotopic (exact) mass is 303 g/mol. The second kappa shape index (κ2) is 4.98. The number of benzene rings is 1. The van der Waals surface area contributed by atoms with E-state index in [1.54, 1.807) is 12.1 Å². The molecule has 2 heterocycles. The highest BCUT2D eigenvalue weighted by Crippen LogP contribution is 2.22. The number of anilines is 1. The summed E-state index contributed by atoms with van der Waals surface area (Å²) in [4.78, 5) is 22.8. The number of nitro benzene ring substituents is 1. The van der Waals surface area contributed by atoms with Gasteiger partial charge >= 0.3 is 0 Å². The number of aromatic nitrogens is 5. The van der Waals surface area contributed by atoms with Crippen LogP contribution >= 0.6 is 11.8 Å². The molecule has 106 valence electrons. The van der Waals surface area contributed by atoms with Gasteiger partial charge in [0, 0.05) is 17.7 Å². The van der Waals surface area contributed by atoms with Gasteiger partial charge in [-0.3, -0.25) is 10.1 Å². The van der Waals surface area contributed by atoms with Crippen LogP contribution in [0.1, 0.15) is 0 Å². The number of fused-ring (bicyclic) bond motifs is 1. The number of thioether (sulfide) groups is 1. The van der Waals surface area contributed by atoms with Gasteiger partial charge in [0.15, 0.2) is 11.0 Å². The van der Waals surface area contributed by atoms with Gasteiger partial charge in [-0.15, -0.1) is 5.10 Å². The Bertz CT molecular complexity index is 848. The fraction of sp³-hybridized carbons (Fsp3) is 0.0909. The second-order valence-electron chi connectivity index (χ2n) is 4.02. The van der Waals surface area contributed by atoms with Crippen molar-refractivity contribution in [1.29, 1.82) is 0 Å². The summed E-state index contributed by atoms with van der Waals surface area (Å²) in [5.74, 6) is 0.764. The summed E-state index contributed by atoms with van der Waals surface area (Å²) < 4.78 is 1.30. The minimum atomic E-state index is -0.473. The number of nitro groups is 1. The SMILES string of the molecule is CSc1nc(N)n2nc(-c3cccc([N+](=O)[O-])c3)nc2n1. The molecule has 0 aliphatic carbocycles. The van der Waals surface area contributed by atoms with Gasteiger partial charge in [-0.2, -0.15) is 19.5 Å². The van der Waals surface area contributed by atoms with Crippen molar-refractivity contribution in [2.24, 2.45) is 0 Å². The summed E-state index contributed by atoms with van der Waals surface area (Å²) in [7, 11) is 0. The molecule has 2 aromatic heterocycles. The number of nitrogens with two attached hydrogens (primary N) is 1. The maximum absolute atomic E-state index is 10.8. The molecule has 0 spiro atoms. The van der Waals surface area contributed by atoms with Gasteiger partial charge < -0.3 is 5.73 Å². The molecule has 10 heteroatoms. The molecular formula is C11H9N7O2S. The molecule has 0 unspecified atom stereocenters. The first-order chi connectivity index (χ1) is 10.1. The number of non-ortho nitro benzene ring substituents is 1. The third kappa shape index (κ3) is 2.36. The summed E-state index contributed by atoms with van der Waals surface area (Å²) in [5, 5.41) is 15.5. The van der Waals surface area contributed by atoms with Crippen LogP contribution in [0.2, 0.25) is 0 Å². The molecule has 3 rings (SSSR count). The van der Waals surface area contributed by atoms with E-state index in [-0.39, 0.29) is 11.6 Å². The molecule has 0 fully saturated rings. The lowest BCUT2D eigenvalue weighted by Crippen LogP contribution is -2.04. The van der Waals surface area contributed by atoms with Crippen LogP contribution < -0.4 is 5.73 Å². The second-order valence-corrected chi connectivity index (χ2v) is 4.80. The number of hydrogen-bond acceptors (Lipinski definition) is 8. The Hall–Kier alpha value is -2.75. The van der Waals surface area contributed by atoms with E-state index in [1.807, 2.05) is 6.26 Å². The van der Waals surface area contributed by atoms with Gasteiger partial charge in [-0.05, 0) is 6.26 Å². The molecule has 0 saturated carbocycles. The predicted octanol–water partition coefficient (Wildman–Crippen LogP) is 1.40. The summed E-state index contributed by atoms with van der Waals surface area (Å²) >= 11 is 1.34. The lowest BCUT2D eigenvalue weighted by Gasteiger charge is -1.97. The molecule has 0 saturated heterocycles. The smallest absolute Gasteiger partial charge is 0.270 e. The van der Waals surface area contributed by atoms with Crippen LogP contribution in [0.3, 0.4) is 0 Å². The van der Waals surface area contributed by atoms with E-state index in [1.165, 1.54) is 28.4 Å². The van der Waals surface area contributed by atoms with Crippen LogP contribution in [0, 0.1) is 10.1 Å². The summed E-state index contributed by atoms with van der Waals surface area (Å²) in [5.41, 5.74) is 6.27. The van der Waals surface area contributed by atoms with Crippen molar-refractivity contribution in [1.82, 2.24) is 24.6 Å². The third-order valence-corrected chi connectivity index (χ3v) is 3.26. The number of hydrogen-bond donors (Lipinski definition) is 1. The van der Waals surface area contributed by atoms with E-state index in [9.17, 15) is 10.1 Å². The minimum absolute atomic E-state index is 0.0322. The van der Waals surface area contributed by atoms with Gasteiger partial charge in [0.2, 0.25) is 5.95 Å². The maximum atomic E-state index is 10.8. The quantitative estimate of drug-likeness (QED) is 0.437. The zero-order chi connectivity index (χ0) is 15.0. The Morgan fingerprint density at radius 3 is 2.86 bits per heavy atom. The first-order valence-electron chi connectivity index (χ1n) is 5.77. The van der Waals surface area contributed by atoms with Crippen molar-refractivity contribution in [3.63, 3.8) is 0 Å². The fourth-order valence-electron chi connectivity index (χ4n) is 1.76. The fourth-order valence-corrected chi connectivity index (χ4v) is 2.12. The van der Waals surface area contributed by atoms with Gasteiger partial charge in [0.25, 0.3) is 11.5 Å². The standard InChI is InChI=1S/C11H9N7O2S/c1-21-11-14-9(12)17-10(15-11)13-8(16-17)6-3-2-4-7(5-6)18(19)20/h2-5H,1H3,(H2,12,13,14,15,16). The number of nitrogen functional groups attached to an aromatic ring is 1. The van der Waals surface area contributed by atoms with E-state index in [4.69, 9.17) is 5.73 Å². The van der Waals surface area contributed by atoms with Gasteiger partial charge in [0.05, 0.1) is 4.92 Å². The first-order valence-corrected chi connectivity index (χ1v) is 7.00. The van der Waals surface area contributed by atoms with Crippen LogP contribution in [-0.4, -0.2) is 35.7 Å². The molecule has 0 aliphatic rings. The van der Waals surface area contributed by atoms with E-state index >= 15 is 0 Å². The van der Waals surface area contributed by atoms with Crippen LogP contribution in [0.25, 0.3) is 17.2 Å². The largest absolute Gasteiger partial charge is 0.368 e. The minimum Gasteiger partial charge on any atom is -0.368 e. The molecule has 0 atom stereocenters. The molecular weight excluding hydrogens is 294 g/mol. The molecule has 0 amide bonds. The molecule has 0 aliphatic heterocycles. The topological polar surface area (TPSA) is 125 Å². The maximum Gasteiger partial charge on any atom is 0.270 e. The molecule has 3 aromatic rings. The van der Waals surface area contributed by atoms with Crippen LogP contribution in [-0.2, 0) is 0 Å². The zero-order valence-electron chi connectivity index (χ0n) is 10.8. The highest BCUT2D eigenvalue weighted by molar-refractivity contribution is 7.98. The van der Waals surface area contributed by atoms with Crippen molar-refractivity contribution in [2.75, 3.05) is 12.0 Å².